The van der Waals surface area contributed by atoms with Crippen LogP contribution in [0.25, 0.3) is 93.6 Å². The number of furan rings is 1. The Hall–Kier alpha value is -8.14. The fourth-order valence-electron chi connectivity index (χ4n) is 9.27. The average Bonchev–Trinajstić information content (AvgIpc) is 3.88. The Balaban J connectivity index is 0.917. The zero-order valence-electron chi connectivity index (χ0n) is 33.2. The number of aromatic nitrogens is 1. The maximum atomic E-state index is 6.30. The van der Waals surface area contributed by atoms with Crippen LogP contribution >= 0.6 is 0 Å². The number of para-hydroxylation sites is 3. The third-order valence-corrected chi connectivity index (χ3v) is 12.2. The fraction of sp³-hybridized carbons (Fsp3) is 0. The van der Waals surface area contributed by atoms with Crippen LogP contribution in [0, 0.1) is 0 Å². The van der Waals surface area contributed by atoms with Gasteiger partial charge in [-0.25, -0.2) is 0 Å². The summed E-state index contributed by atoms with van der Waals surface area (Å²) in [5.41, 5.74) is 15.6. The van der Waals surface area contributed by atoms with Crippen LogP contribution < -0.4 is 4.90 Å². The van der Waals surface area contributed by atoms with Gasteiger partial charge < -0.3 is 13.9 Å². The van der Waals surface area contributed by atoms with Crippen LogP contribution in [0.2, 0.25) is 0 Å². The molecular weight excluding hydrogens is 741 g/mol. The van der Waals surface area contributed by atoms with Crippen molar-refractivity contribution in [3.8, 4) is 39.1 Å². The van der Waals surface area contributed by atoms with Crippen LogP contribution in [0.1, 0.15) is 0 Å². The molecule has 0 aliphatic rings. The maximum Gasteiger partial charge on any atom is 0.136 e. The molecular formula is C58H38N2O. The molecule has 12 rings (SSSR count). The molecule has 61 heavy (non-hydrogen) atoms. The van der Waals surface area contributed by atoms with E-state index in [0.29, 0.717) is 0 Å². The molecule has 286 valence electrons. The van der Waals surface area contributed by atoms with E-state index in [1.54, 1.807) is 0 Å². The lowest BCUT2D eigenvalue weighted by atomic mass is 9.98. The molecule has 3 nitrogen and oxygen atoms in total. The standard InChI is InChI=1S/C58H38N2O/c1-2-21-49-40(13-1)14-12-27-54(49)59(47-19-10-18-44(36-47)45-31-34-53-52-24-5-8-28-57(52)61-58(53)38-45)46-32-29-39(30-33-46)41-15-9-16-42(35-41)43-17-11-20-48(37-43)60-55-25-6-3-22-50(55)51-23-4-7-26-56(51)60/h1-38H. The van der Waals surface area contributed by atoms with E-state index >= 15 is 0 Å². The van der Waals surface area contributed by atoms with Crippen LogP contribution in [0.5, 0.6) is 0 Å². The molecule has 0 radical (unpaired) electrons. The third-order valence-electron chi connectivity index (χ3n) is 12.2. The molecule has 0 saturated carbocycles. The van der Waals surface area contributed by atoms with Crippen LogP contribution in [0.3, 0.4) is 0 Å². The highest BCUT2D eigenvalue weighted by Crippen LogP contribution is 2.42. The second-order valence-corrected chi connectivity index (χ2v) is 15.7. The van der Waals surface area contributed by atoms with Crippen molar-refractivity contribution in [2.45, 2.75) is 0 Å². The predicted molar refractivity (Wildman–Crippen MR) is 257 cm³/mol. The summed E-state index contributed by atoms with van der Waals surface area (Å²) < 4.78 is 8.68. The van der Waals surface area contributed by atoms with Gasteiger partial charge in [-0.15, -0.1) is 0 Å². The molecule has 0 bridgehead atoms. The molecule has 0 amide bonds. The highest BCUT2D eigenvalue weighted by molar-refractivity contribution is 6.09. The van der Waals surface area contributed by atoms with Crippen molar-refractivity contribution in [3.63, 3.8) is 0 Å². The van der Waals surface area contributed by atoms with Crippen LogP contribution in [-0.2, 0) is 0 Å². The van der Waals surface area contributed by atoms with Gasteiger partial charge in [0.2, 0.25) is 0 Å². The summed E-state index contributed by atoms with van der Waals surface area (Å²) in [5.74, 6) is 0. The predicted octanol–water partition coefficient (Wildman–Crippen LogP) is 16.3. The van der Waals surface area contributed by atoms with Gasteiger partial charge in [-0.2, -0.15) is 0 Å². The largest absolute Gasteiger partial charge is 0.456 e. The van der Waals surface area contributed by atoms with Crippen molar-refractivity contribution in [2.24, 2.45) is 0 Å². The Morgan fingerprint density at radius 3 is 1.64 bits per heavy atom. The molecule has 2 heterocycles. The topological polar surface area (TPSA) is 21.3 Å². The number of anilines is 3. The summed E-state index contributed by atoms with van der Waals surface area (Å²) >= 11 is 0. The van der Waals surface area contributed by atoms with E-state index in [9.17, 15) is 0 Å². The quantitative estimate of drug-likeness (QED) is 0.161. The van der Waals surface area contributed by atoms with Gasteiger partial charge in [0.05, 0.1) is 16.7 Å². The van der Waals surface area contributed by atoms with Gasteiger partial charge in [-0.3, -0.25) is 0 Å². The molecule has 3 heteroatoms. The summed E-state index contributed by atoms with van der Waals surface area (Å²) in [4.78, 5) is 2.38. The first kappa shape index (κ1) is 34.9. The minimum Gasteiger partial charge on any atom is -0.456 e. The highest BCUT2D eigenvalue weighted by Gasteiger charge is 2.18. The van der Waals surface area contributed by atoms with Gasteiger partial charge >= 0.3 is 0 Å². The zero-order valence-corrected chi connectivity index (χ0v) is 33.2. The summed E-state index contributed by atoms with van der Waals surface area (Å²) in [7, 11) is 0. The number of fused-ring (bicyclic) bond motifs is 7. The summed E-state index contributed by atoms with van der Waals surface area (Å²) in [6.45, 7) is 0. The molecule has 10 aromatic carbocycles. The zero-order chi connectivity index (χ0) is 40.3. The van der Waals surface area contributed by atoms with E-state index in [1.807, 2.05) is 12.1 Å². The Labute approximate surface area is 353 Å². The van der Waals surface area contributed by atoms with E-state index in [-0.39, 0.29) is 0 Å². The summed E-state index contributed by atoms with van der Waals surface area (Å²) in [6.07, 6.45) is 0. The van der Waals surface area contributed by atoms with Gasteiger partial charge in [0.1, 0.15) is 11.2 Å². The Morgan fingerprint density at radius 1 is 0.311 bits per heavy atom. The van der Waals surface area contributed by atoms with Crippen molar-refractivity contribution in [2.75, 3.05) is 4.90 Å². The molecule has 0 saturated heterocycles. The van der Waals surface area contributed by atoms with Crippen molar-refractivity contribution < 1.29 is 4.42 Å². The number of rotatable bonds is 7. The van der Waals surface area contributed by atoms with Gasteiger partial charge in [-0.1, -0.05) is 152 Å². The van der Waals surface area contributed by atoms with Gasteiger partial charge in [0.25, 0.3) is 0 Å². The normalized spacial score (nSPS) is 11.6. The van der Waals surface area contributed by atoms with E-state index in [0.717, 1.165) is 61.4 Å². The molecule has 0 fully saturated rings. The van der Waals surface area contributed by atoms with Crippen LogP contribution in [0.4, 0.5) is 17.1 Å². The molecule has 0 atom stereocenters. The molecule has 0 aliphatic heterocycles. The lowest BCUT2D eigenvalue weighted by Gasteiger charge is -2.27. The Kier molecular flexibility index (Phi) is 8.17. The summed E-state index contributed by atoms with van der Waals surface area (Å²) in [6, 6.07) is 83.0. The monoisotopic (exact) mass is 778 g/mol. The van der Waals surface area contributed by atoms with Crippen LogP contribution in [-0.4, -0.2) is 4.57 Å². The van der Waals surface area contributed by atoms with E-state index in [4.69, 9.17) is 4.42 Å². The minimum atomic E-state index is 0.894. The fourth-order valence-corrected chi connectivity index (χ4v) is 9.27. The highest BCUT2D eigenvalue weighted by atomic mass is 16.3. The molecule has 2 aromatic heterocycles. The van der Waals surface area contributed by atoms with Gasteiger partial charge in [0, 0.05) is 44.0 Å². The molecule has 12 aromatic rings. The SMILES string of the molecule is c1cc(-c2ccc(N(c3cccc(-c4ccc5c(c4)oc4ccccc45)c3)c3cccc4ccccc34)cc2)cc(-c2cccc(-n3c4ccccc4c4ccccc43)c2)c1. The third kappa shape index (κ3) is 5.98. The summed E-state index contributed by atoms with van der Waals surface area (Å²) in [5, 5.41) is 7.19. The smallest absolute Gasteiger partial charge is 0.136 e. The molecule has 0 aliphatic carbocycles. The number of nitrogens with zero attached hydrogens (tertiary/aromatic N) is 2. The molecule has 0 unspecified atom stereocenters. The number of benzene rings is 10. The molecule has 0 spiro atoms. The van der Waals surface area contributed by atoms with Crippen molar-refractivity contribution >= 4 is 71.6 Å². The van der Waals surface area contributed by atoms with Gasteiger partial charge in [-0.05, 0) is 118 Å². The Morgan fingerprint density at radius 2 is 0.852 bits per heavy atom. The first-order valence-corrected chi connectivity index (χ1v) is 20.8. The second kappa shape index (κ2) is 14.3. The lowest BCUT2D eigenvalue weighted by Crippen LogP contribution is -2.10. The first-order chi connectivity index (χ1) is 30.2. The van der Waals surface area contributed by atoms with E-state index in [1.165, 1.54) is 49.3 Å². The maximum absolute atomic E-state index is 6.30. The number of hydrogen-bond donors (Lipinski definition) is 0. The van der Waals surface area contributed by atoms with Crippen molar-refractivity contribution in [3.05, 3.63) is 231 Å². The second-order valence-electron chi connectivity index (χ2n) is 15.7. The van der Waals surface area contributed by atoms with Crippen LogP contribution in [0.15, 0.2) is 235 Å². The van der Waals surface area contributed by atoms with Crippen molar-refractivity contribution in [1.29, 1.82) is 0 Å². The van der Waals surface area contributed by atoms with Gasteiger partial charge in [0.15, 0.2) is 0 Å². The first-order valence-electron chi connectivity index (χ1n) is 20.8. The lowest BCUT2D eigenvalue weighted by molar-refractivity contribution is 0.669. The van der Waals surface area contributed by atoms with Crippen molar-refractivity contribution in [1.82, 2.24) is 4.57 Å². The average molecular weight is 779 g/mol. The van der Waals surface area contributed by atoms with E-state index < -0.39 is 0 Å². The van der Waals surface area contributed by atoms with E-state index in [2.05, 4.69) is 228 Å². The Bertz CT molecular complexity index is 3550. The minimum absolute atomic E-state index is 0.894. The number of hydrogen-bond acceptors (Lipinski definition) is 2. The molecule has 0 N–H and O–H groups in total.